The van der Waals surface area contributed by atoms with E-state index in [9.17, 15) is 9.59 Å². The largest absolute Gasteiger partial charge is 0.497 e. The number of methoxy groups -OCH3 is 1. The number of ether oxygens (including phenoxy) is 2. The van der Waals surface area contributed by atoms with Crippen molar-refractivity contribution in [3.8, 4) is 28.6 Å². The molecular weight excluding hydrogens is 506 g/mol. The van der Waals surface area contributed by atoms with Crippen LogP contribution in [0.1, 0.15) is 11.1 Å². The number of carboxylic acids is 1. The average Bonchev–Trinajstić information content (AvgIpc) is 3.35. The van der Waals surface area contributed by atoms with Gasteiger partial charge in [-0.05, 0) is 43.3 Å². The van der Waals surface area contributed by atoms with Gasteiger partial charge in [-0.15, -0.1) is 10.2 Å². The van der Waals surface area contributed by atoms with Crippen LogP contribution < -0.4 is 14.9 Å². The molecule has 0 saturated heterocycles. The van der Waals surface area contributed by atoms with Crippen molar-refractivity contribution in [2.24, 2.45) is 5.10 Å². The van der Waals surface area contributed by atoms with E-state index >= 15 is 0 Å². The summed E-state index contributed by atoms with van der Waals surface area (Å²) in [6.45, 7) is 1.54. The van der Waals surface area contributed by atoms with Crippen LogP contribution in [0.15, 0.2) is 83.1 Å². The minimum Gasteiger partial charge on any atom is -0.497 e. The average molecular weight is 532 g/mol. The molecule has 0 aliphatic heterocycles. The van der Waals surface area contributed by atoms with E-state index in [-0.39, 0.29) is 11.7 Å². The summed E-state index contributed by atoms with van der Waals surface area (Å²) < 4.78 is 12.4. The monoisotopic (exact) mass is 531 g/mol. The Bertz CT molecular complexity index is 1440. The molecule has 0 radical (unpaired) electrons. The van der Waals surface area contributed by atoms with E-state index in [1.807, 2.05) is 60.0 Å². The number of hydrogen-bond donors (Lipinski definition) is 2. The number of aliphatic carboxylic acids is 1. The van der Waals surface area contributed by atoms with Crippen LogP contribution in [-0.2, 0) is 9.59 Å². The van der Waals surface area contributed by atoms with E-state index in [1.54, 1.807) is 31.4 Å². The normalized spacial score (nSPS) is 10.9. The molecule has 0 spiro atoms. The van der Waals surface area contributed by atoms with E-state index in [0.717, 1.165) is 22.6 Å². The van der Waals surface area contributed by atoms with Gasteiger partial charge in [0, 0.05) is 16.8 Å². The Hall–Kier alpha value is -4.64. The third-order valence-corrected chi connectivity index (χ3v) is 6.20. The number of amides is 1. The number of thioether (sulfide) groups is 1. The third kappa shape index (κ3) is 6.77. The van der Waals surface area contributed by atoms with Crippen molar-refractivity contribution in [2.75, 3.05) is 19.5 Å². The van der Waals surface area contributed by atoms with E-state index in [1.165, 1.54) is 18.0 Å². The highest BCUT2D eigenvalue weighted by molar-refractivity contribution is 7.99. The summed E-state index contributed by atoms with van der Waals surface area (Å²) >= 11 is 1.22. The highest BCUT2D eigenvalue weighted by atomic mass is 32.2. The van der Waals surface area contributed by atoms with E-state index in [2.05, 4.69) is 20.7 Å². The smallest absolute Gasteiger partial charge is 0.341 e. The fraction of sp³-hybridized carbons (Fsp3) is 0.148. The molecule has 0 fully saturated rings. The minimum atomic E-state index is -1.09. The fourth-order valence-corrected chi connectivity index (χ4v) is 4.16. The van der Waals surface area contributed by atoms with Crippen molar-refractivity contribution in [1.82, 2.24) is 20.2 Å². The first-order chi connectivity index (χ1) is 18.4. The second kappa shape index (κ2) is 12.5. The molecule has 0 saturated carbocycles. The zero-order chi connectivity index (χ0) is 26.9. The molecule has 1 aromatic heterocycles. The number of carboxylic acid groups (broad SMARTS) is 1. The van der Waals surface area contributed by atoms with Gasteiger partial charge in [0.05, 0.1) is 19.1 Å². The van der Waals surface area contributed by atoms with Crippen molar-refractivity contribution in [3.63, 3.8) is 0 Å². The van der Waals surface area contributed by atoms with Gasteiger partial charge in [0.2, 0.25) is 0 Å². The number of nitrogens with one attached hydrogen (secondary N) is 1. The van der Waals surface area contributed by atoms with E-state index in [4.69, 9.17) is 14.6 Å². The number of carbonyl (C=O) groups excluding carboxylic acids is 1. The van der Waals surface area contributed by atoms with Crippen LogP contribution in [-0.4, -0.2) is 57.4 Å². The van der Waals surface area contributed by atoms with Crippen LogP contribution in [0.5, 0.6) is 11.5 Å². The summed E-state index contributed by atoms with van der Waals surface area (Å²) in [6, 6.07) is 22.3. The highest BCUT2D eigenvalue weighted by Crippen LogP contribution is 2.29. The maximum atomic E-state index is 12.5. The molecule has 10 nitrogen and oxygen atoms in total. The standard InChI is InChI=1S/C27H25N5O5S/c1-18-7-9-19(10-8-18)26-30-31-27(32(26)21-11-13-22(36-2)14-12-21)38-17-24(33)29-28-15-20-5-3-4-6-23(20)37-16-25(34)35/h3-15H,16-17H2,1-2H3,(H,29,33)(H,34,35). The SMILES string of the molecule is COc1ccc(-n2c(SCC(=O)NN=Cc3ccccc3OCC(=O)O)nnc2-c2ccc(C)cc2)cc1. The van der Waals surface area contributed by atoms with Gasteiger partial charge in [-0.3, -0.25) is 9.36 Å². The van der Waals surface area contributed by atoms with Gasteiger partial charge in [-0.25, -0.2) is 10.2 Å². The van der Waals surface area contributed by atoms with Crippen LogP contribution in [0.3, 0.4) is 0 Å². The Morgan fingerprint density at radius 3 is 2.50 bits per heavy atom. The molecule has 0 aliphatic carbocycles. The molecule has 38 heavy (non-hydrogen) atoms. The molecule has 11 heteroatoms. The number of carbonyl (C=O) groups is 2. The zero-order valence-corrected chi connectivity index (χ0v) is 21.5. The van der Waals surface area contributed by atoms with E-state index < -0.39 is 12.6 Å². The van der Waals surface area contributed by atoms with Gasteiger partial charge in [0.15, 0.2) is 17.6 Å². The Morgan fingerprint density at radius 1 is 1.05 bits per heavy atom. The molecule has 2 N–H and O–H groups in total. The maximum Gasteiger partial charge on any atom is 0.341 e. The number of nitrogens with zero attached hydrogens (tertiary/aromatic N) is 4. The predicted octanol–water partition coefficient (Wildman–Crippen LogP) is 3.96. The lowest BCUT2D eigenvalue weighted by Gasteiger charge is -2.11. The molecule has 0 unspecified atom stereocenters. The molecule has 194 valence electrons. The third-order valence-electron chi connectivity index (χ3n) is 5.27. The Labute approximate surface area is 223 Å². The summed E-state index contributed by atoms with van der Waals surface area (Å²) in [6.07, 6.45) is 1.40. The lowest BCUT2D eigenvalue weighted by Crippen LogP contribution is -2.20. The summed E-state index contributed by atoms with van der Waals surface area (Å²) in [5.41, 5.74) is 5.86. The molecule has 0 atom stereocenters. The molecule has 4 rings (SSSR count). The molecule has 0 bridgehead atoms. The number of hydrazone groups is 1. The Morgan fingerprint density at radius 2 is 1.79 bits per heavy atom. The van der Waals surface area contributed by atoms with E-state index in [0.29, 0.717) is 22.3 Å². The summed E-state index contributed by atoms with van der Waals surface area (Å²) in [7, 11) is 1.61. The van der Waals surface area contributed by atoms with Crippen LogP contribution >= 0.6 is 11.8 Å². The molecular formula is C27H25N5O5S. The number of benzene rings is 3. The van der Waals surface area contributed by atoms with Gasteiger partial charge in [0.25, 0.3) is 5.91 Å². The van der Waals surface area contributed by atoms with Crippen LogP contribution in [0.4, 0.5) is 0 Å². The van der Waals surface area contributed by atoms with Gasteiger partial charge in [-0.1, -0.05) is 53.7 Å². The van der Waals surface area contributed by atoms with Gasteiger partial charge >= 0.3 is 5.97 Å². The highest BCUT2D eigenvalue weighted by Gasteiger charge is 2.17. The maximum absolute atomic E-state index is 12.5. The zero-order valence-electron chi connectivity index (χ0n) is 20.7. The fourth-order valence-electron chi connectivity index (χ4n) is 3.41. The molecule has 3 aromatic carbocycles. The summed E-state index contributed by atoms with van der Waals surface area (Å²) in [5.74, 6) is 0.315. The topological polar surface area (TPSA) is 128 Å². The lowest BCUT2D eigenvalue weighted by atomic mass is 10.1. The molecule has 1 amide bonds. The van der Waals surface area contributed by atoms with Crippen molar-refractivity contribution in [3.05, 3.63) is 83.9 Å². The second-order valence-electron chi connectivity index (χ2n) is 8.01. The second-order valence-corrected chi connectivity index (χ2v) is 8.95. The lowest BCUT2D eigenvalue weighted by molar-refractivity contribution is -0.139. The summed E-state index contributed by atoms with van der Waals surface area (Å²) in [5, 5.41) is 22.1. The van der Waals surface area contributed by atoms with Crippen LogP contribution in [0.2, 0.25) is 0 Å². The summed E-state index contributed by atoms with van der Waals surface area (Å²) in [4.78, 5) is 23.3. The van der Waals surface area contributed by atoms with Crippen LogP contribution in [0, 0.1) is 6.92 Å². The van der Waals surface area contributed by atoms with Crippen molar-refractivity contribution in [1.29, 1.82) is 0 Å². The number of para-hydroxylation sites is 1. The Kier molecular flexibility index (Phi) is 8.73. The molecule has 1 heterocycles. The van der Waals surface area contributed by atoms with Crippen molar-refractivity contribution in [2.45, 2.75) is 12.1 Å². The number of aromatic nitrogens is 3. The molecule has 0 aliphatic rings. The van der Waals surface area contributed by atoms with Gasteiger partial charge in [-0.2, -0.15) is 5.10 Å². The minimum absolute atomic E-state index is 0.0384. The number of hydrogen-bond acceptors (Lipinski definition) is 8. The number of rotatable bonds is 11. The molecule has 4 aromatic rings. The van der Waals surface area contributed by atoms with Gasteiger partial charge < -0.3 is 14.6 Å². The predicted molar refractivity (Wildman–Crippen MR) is 144 cm³/mol. The van der Waals surface area contributed by atoms with Crippen molar-refractivity contribution < 1.29 is 24.2 Å². The first-order valence-electron chi connectivity index (χ1n) is 11.5. The Balaban J connectivity index is 1.48. The van der Waals surface area contributed by atoms with Gasteiger partial charge in [0.1, 0.15) is 11.5 Å². The van der Waals surface area contributed by atoms with Crippen LogP contribution in [0.25, 0.3) is 17.1 Å². The number of aryl methyl sites for hydroxylation is 1. The quantitative estimate of drug-likeness (QED) is 0.169. The van der Waals surface area contributed by atoms with Crippen molar-refractivity contribution >= 4 is 29.9 Å². The first kappa shape index (κ1) is 26.4. The first-order valence-corrected chi connectivity index (χ1v) is 12.5.